The molecule has 2 amide bonds. The molecule has 0 aliphatic rings. The van der Waals surface area contributed by atoms with Gasteiger partial charge in [-0.15, -0.1) is 0 Å². The third-order valence-electron chi connectivity index (χ3n) is 4.23. The van der Waals surface area contributed by atoms with E-state index in [1.54, 1.807) is 4.90 Å². The van der Waals surface area contributed by atoms with E-state index in [-0.39, 0.29) is 18.2 Å². The summed E-state index contributed by atoms with van der Waals surface area (Å²) in [7, 11) is 3.94. The van der Waals surface area contributed by atoms with Gasteiger partial charge in [-0.3, -0.25) is 9.59 Å². The molecule has 5 nitrogen and oxygen atoms in total. The second-order valence-corrected chi connectivity index (χ2v) is 6.59. The van der Waals surface area contributed by atoms with Gasteiger partial charge in [0.25, 0.3) is 0 Å². The normalized spacial score (nSPS) is 10.3. The van der Waals surface area contributed by atoms with Crippen LogP contribution in [0.1, 0.15) is 24.5 Å². The van der Waals surface area contributed by atoms with Crippen LogP contribution in [-0.2, 0) is 16.1 Å². The number of carbonyl (C=O) groups excluding carboxylic acids is 2. The van der Waals surface area contributed by atoms with Crippen LogP contribution in [0.3, 0.4) is 0 Å². The van der Waals surface area contributed by atoms with Crippen LogP contribution in [0.15, 0.2) is 48.5 Å². The summed E-state index contributed by atoms with van der Waals surface area (Å²) in [6, 6.07) is 15.8. The maximum Gasteiger partial charge on any atom is 0.223 e. The van der Waals surface area contributed by atoms with Crippen molar-refractivity contribution in [2.75, 3.05) is 30.4 Å². The third-order valence-corrected chi connectivity index (χ3v) is 4.23. The Labute approximate surface area is 155 Å². The molecule has 0 saturated carbocycles. The van der Waals surface area contributed by atoms with Gasteiger partial charge < -0.3 is 15.1 Å². The molecular weight excluding hydrogens is 326 g/mol. The number of amides is 2. The Hall–Kier alpha value is -2.82. The van der Waals surface area contributed by atoms with Crippen LogP contribution < -0.4 is 15.1 Å². The highest BCUT2D eigenvalue weighted by molar-refractivity contribution is 5.92. The average Bonchev–Trinajstić information content (AvgIpc) is 2.61. The van der Waals surface area contributed by atoms with Gasteiger partial charge in [-0.1, -0.05) is 29.8 Å². The van der Waals surface area contributed by atoms with Crippen LogP contribution in [-0.4, -0.2) is 32.5 Å². The number of aryl methyl sites for hydroxylation is 1. The Morgan fingerprint density at radius 2 is 1.50 bits per heavy atom. The van der Waals surface area contributed by atoms with Gasteiger partial charge in [0.05, 0.1) is 0 Å². The lowest BCUT2D eigenvalue weighted by atomic mass is 10.1. The lowest BCUT2D eigenvalue weighted by Crippen LogP contribution is -2.33. The SMILES string of the molecule is CC(=O)N(CCC(=O)NCc1ccc(C)cc1)c1ccc(N(C)C)cc1. The van der Waals surface area contributed by atoms with E-state index in [2.05, 4.69) is 5.32 Å². The summed E-state index contributed by atoms with van der Waals surface area (Å²) in [5, 5.41) is 2.90. The van der Waals surface area contributed by atoms with Crippen molar-refractivity contribution in [1.29, 1.82) is 0 Å². The highest BCUT2D eigenvalue weighted by Crippen LogP contribution is 2.20. The highest BCUT2D eigenvalue weighted by Gasteiger charge is 2.13. The molecule has 0 spiro atoms. The van der Waals surface area contributed by atoms with Crippen LogP contribution in [0.25, 0.3) is 0 Å². The lowest BCUT2D eigenvalue weighted by Gasteiger charge is -2.22. The summed E-state index contributed by atoms with van der Waals surface area (Å²) >= 11 is 0. The molecule has 1 N–H and O–H groups in total. The van der Waals surface area contributed by atoms with Crippen molar-refractivity contribution in [2.24, 2.45) is 0 Å². The molecule has 2 aromatic carbocycles. The Morgan fingerprint density at radius 3 is 2.04 bits per heavy atom. The summed E-state index contributed by atoms with van der Waals surface area (Å²) in [4.78, 5) is 27.7. The van der Waals surface area contributed by atoms with Crippen LogP contribution >= 0.6 is 0 Å². The molecule has 0 saturated heterocycles. The summed E-state index contributed by atoms with van der Waals surface area (Å²) in [5.41, 5.74) is 4.12. The topological polar surface area (TPSA) is 52.7 Å². The molecule has 0 bridgehead atoms. The minimum absolute atomic E-state index is 0.0678. The fourth-order valence-electron chi connectivity index (χ4n) is 2.61. The minimum atomic E-state index is -0.0751. The number of nitrogens with zero attached hydrogens (tertiary/aromatic N) is 2. The Bertz CT molecular complexity index is 737. The number of hydrogen-bond donors (Lipinski definition) is 1. The molecule has 26 heavy (non-hydrogen) atoms. The van der Waals surface area contributed by atoms with Gasteiger partial charge >= 0.3 is 0 Å². The second kappa shape index (κ2) is 9.04. The Balaban J connectivity index is 1.90. The quantitative estimate of drug-likeness (QED) is 0.832. The van der Waals surface area contributed by atoms with Gasteiger partial charge in [0.1, 0.15) is 0 Å². The molecule has 2 aromatic rings. The van der Waals surface area contributed by atoms with E-state index in [0.717, 1.165) is 16.9 Å². The maximum atomic E-state index is 12.1. The van der Waals surface area contributed by atoms with Crippen molar-refractivity contribution in [3.8, 4) is 0 Å². The van der Waals surface area contributed by atoms with E-state index >= 15 is 0 Å². The van der Waals surface area contributed by atoms with Gasteiger partial charge in [-0.25, -0.2) is 0 Å². The molecule has 0 fully saturated rings. The molecule has 0 aliphatic carbocycles. The molecule has 0 atom stereocenters. The molecule has 0 heterocycles. The smallest absolute Gasteiger partial charge is 0.223 e. The molecule has 0 aromatic heterocycles. The summed E-state index contributed by atoms with van der Waals surface area (Å²) in [5.74, 6) is -0.143. The van der Waals surface area contributed by atoms with E-state index in [9.17, 15) is 9.59 Å². The van der Waals surface area contributed by atoms with Crippen molar-refractivity contribution in [1.82, 2.24) is 5.32 Å². The zero-order chi connectivity index (χ0) is 19.1. The van der Waals surface area contributed by atoms with Crippen LogP contribution in [0.2, 0.25) is 0 Å². The van der Waals surface area contributed by atoms with Crippen LogP contribution in [0.4, 0.5) is 11.4 Å². The fourth-order valence-corrected chi connectivity index (χ4v) is 2.61. The first-order valence-electron chi connectivity index (χ1n) is 8.74. The van der Waals surface area contributed by atoms with Crippen molar-refractivity contribution < 1.29 is 9.59 Å². The van der Waals surface area contributed by atoms with Crippen molar-refractivity contribution in [3.63, 3.8) is 0 Å². The van der Waals surface area contributed by atoms with E-state index in [1.807, 2.05) is 74.4 Å². The predicted octanol–water partition coefficient (Wildman–Crippen LogP) is 3.12. The fraction of sp³-hybridized carbons (Fsp3) is 0.333. The standard InChI is InChI=1S/C21H27N3O2/c1-16-5-7-18(8-6-16)15-22-21(26)13-14-24(17(2)25)20-11-9-19(10-12-20)23(3)4/h5-12H,13-15H2,1-4H3,(H,22,26). The number of hydrogen-bond acceptors (Lipinski definition) is 3. The number of nitrogens with one attached hydrogen (secondary N) is 1. The molecule has 0 radical (unpaired) electrons. The molecule has 5 heteroatoms. The van der Waals surface area contributed by atoms with E-state index < -0.39 is 0 Å². The van der Waals surface area contributed by atoms with Gasteiger partial charge in [-0.2, -0.15) is 0 Å². The lowest BCUT2D eigenvalue weighted by molar-refractivity contribution is -0.121. The van der Waals surface area contributed by atoms with Crippen LogP contribution in [0, 0.1) is 6.92 Å². The van der Waals surface area contributed by atoms with Gasteiger partial charge in [0.2, 0.25) is 11.8 Å². The molecular formula is C21H27N3O2. The summed E-state index contributed by atoms with van der Waals surface area (Å²) < 4.78 is 0. The van der Waals surface area contributed by atoms with Crippen molar-refractivity contribution >= 4 is 23.2 Å². The first-order chi connectivity index (χ1) is 12.4. The Morgan fingerprint density at radius 1 is 0.923 bits per heavy atom. The van der Waals surface area contributed by atoms with Crippen molar-refractivity contribution in [2.45, 2.75) is 26.8 Å². The van der Waals surface area contributed by atoms with Crippen LogP contribution in [0.5, 0.6) is 0 Å². The number of anilines is 2. The average molecular weight is 353 g/mol. The molecule has 2 rings (SSSR count). The maximum absolute atomic E-state index is 12.1. The Kier molecular flexibility index (Phi) is 6.78. The third kappa shape index (κ3) is 5.62. The zero-order valence-corrected chi connectivity index (χ0v) is 16.0. The number of carbonyl (C=O) groups is 2. The predicted molar refractivity (Wildman–Crippen MR) is 106 cm³/mol. The summed E-state index contributed by atoms with van der Waals surface area (Å²) in [6.45, 7) is 4.40. The van der Waals surface area contributed by atoms with E-state index in [4.69, 9.17) is 0 Å². The van der Waals surface area contributed by atoms with Gasteiger partial charge in [0, 0.05) is 51.9 Å². The minimum Gasteiger partial charge on any atom is -0.378 e. The van der Waals surface area contributed by atoms with Crippen molar-refractivity contribution in [3.05, 3.63) is 59.7 Å². The largest absolute Gasteiger partial charge is 0.378 e. The number of benzene rings is 2. The van der Waals surface area contributed by atoms with E-state index in [0.29, 0.717) is 13.1 Å². The highest BCUT2D eigenvalue weighted by atomic mass is 16.2. The van der Waals surface area contributed by atoms with Gasteiger partial charge in [0.15, 0.2) is 0 Å². The molecule has 0 unspecified atom stereocenters. The first-order valence-corrected chi connectivity index (χ1v) is 8.74. The van der Waals surface area contributed by atoms with E-state index in [1.165, 1.54) is 12.5 Å². The summed E-state index contributed by atoms with van der Waals surface area (Å²) in [6.07, 6.45) is 0.265. The zero-order valence-electron chi connectivity index (χ0n) is 16.0. The second-order valence-electron chi connectivity index (χ2n) is 6.59. The molecule has 138 valence electrons. The van der Waals surface area contributed by atoms with Gasteiger partial charge in [-0.05, 0) is 36.8 Å². The first kappa shape index (κ1) is 19.5. The molecule has 0 aliphatic heterocycles. The monoisotopic (exact) mass is 353 g/mol. The number of rotatable bonds is 7.